The highest BCUT2D eigenvalue weighted by atomic mass is 127. The quantitative estimate of drug-likeness (QED) is 0.481. The first-order valence-electron chi connectivity index (χ1n) is 6.56. The molecule has 3 nitrogen and oxygen atoms in total. The van der Waals surface area contributed by atoms with E-state index in [0.29, 0.717) is 12.0 Å². The Balaban J connectivity index is 0.00000324. The fourth-order valence-electron chi connectivity index (χ4n) is 1.56. The lowest BCUT2D eigenvalue weighted by molar-refractivity contribution is 0.481. The predicted octanol–water partition coefficient (Wildman–Crippen LogP) is 3.32. The van der Waals surface area contributed by atoms with E-state index in [9.17, 15) is 0 Å². The van der Waals surface area contributed by atoms with Crippen molar-refractivity contribution < 1.29 is 0 Å². The lowest BCUT2D eigenvalue weighted by Gasteiger charge is -2.21. The number of aliphatic imine (C=N–C) groups is 1. The highest BCUT2D eigenvalue weighted by molar-refractivity contribution is 14.0. The number of benzene rings is 1. The molecule has 0 saturated carbocycles. The molecule has 0 radical (unpaired) electrons. The summed E-state index contributed by atoms with van der Waals surface area (Å²) in [6.45, 7) is 9.50. The fourth-order valence-corrected chi connectivity index (χ4v) is 1.56. The van der Waals surface area contributed by atoms with Crippen molar-refractivity contribution in [1.82, 2.24) is 10.6 Å². The number of hydrogen-bond acceptors (Lipinski definition) is 1. The second-order valence-electron chi connectivity index (χ2n) is 5.03. The van der Waals surface area contributed by atoms with E-state index in [4.69, 9.17) is 0 Å². The zero-order valence-electron chi connectivity index (χ0n) is 12.5. The van der Waals surface area contributed by atoms with Crippen LogP contribution in [0.4, 0.5) is 0 Å². The molecule has 1 aromatic carbocycles. The first-order chi connectivity index (χ1) is 8.54. The van der Waals surface area contributed by atoms with Crippen molar-refractivity contribution in [2.45, 2.75) is 40.3 Å². The lowest BCUT2D eigenvalue weighted by atomic mass is 10.1. The molecule has 0 spiro atoms. The summed E-state index contributed by atoms with van der Waals surface area (Å²) in [6, 6.07) is 8.81. The minimum atomic E-state index is 0. The Morgan fingerprint density at radius 1 is 1.21 bits per heavy atom. The van der Waals surface area contributed by atoms with Crippen LogP contribution < -0.4 is 10.6 Å². The Morgan fingerprint density at radius 3 is 2.37 bits per heavy atom. The molecule has 0 aliphatic carbocycles. The summed E-state index contributed by atoms with van der Waals surface area (Å²) in [4.78, 5) is 4.25. The number of hydrogen-bond donors (Lipinski definition) is 2. The predicted molar refractivity (Wildman–Crippen MR) is 94.2 cm³/mol. The molecule has 0 heterocycles. The zero-order chi connectivity index (χ0) is 13.5. The number of nitrogens with zero attached hydrogens (tertiary/aromatic N) is 1. The van der Waals surface area contributed by atoms with E-state index in [1.165, 1.54) is 11.1 Å². The smallest absolute Gasteiger partial charge is 0.191 e. The van der Waals surface area contributed by atoms with Crippen molar-refractivity contribution in [3.63, 3.8) is 0 Å². The monoisotopic (exact) mass is 375 g/mol. The van der Waals surface area contributed by atoms with Crippen molar-refractivity contribution in [3.05, 3.63) is 35.4 Å². The van der Waals surface area contributed by atoms with Gasteiger partial charge < -0.3 is 10.6 Å². The van der Waals surface area contributed by atoms with E-state index in [1.807, 2.05) is 0 Å². The zero-order valence-corrected chi connectivity index (χ0v) is 14.9. The Kier molecular flexibility index (Phi) is 8.80. The number of guanidine groups is 1. The first-order valence-corrected chi connectivity index (χ1v) is 6.56. The molecule has 0 aliphatic heterocycles. The van der Waals surface area contributed by atoms with Gasteiger partial charge in [0.15, 0.2) is 5.96 Å². The molecule has 1 rings (SSSR count). The Hall–Kier alpha value is -0.780. The summed E-state index contributed by atoms with van der Waals surface area (Å²) in [7, 11) is 1.81. The maximum absolute atomic E-state index is 4.25. The van der Waals surface area contributed by atoms with E-state index in [1.54, 1.807) is 7.05 Å². The molecule has 0 amide bonds. The van der Waals surface area contributed by atoms with E-state index in [2.05, 4.69) is 67.6 Å². The highest BCUT2D eigenvalue weighted by Gasteiger charge is 2.08. The van der Waals surface area contributed by atoms with Gasteiger partial charge in [-0.2, -0.15) is 0 Å². The topological polar surface area (TPSA) is 36.4 Å². The van der Waals surface area contributed by atoms with Gasteiger partial charge in [0.1, 0.15) is 0 Å². The van der Waals surface area contributed by atoms with Crippen LogP contribution in [0.2, 0.25) is 0 Å². The third-order valence-corrected chi connectivity index (χ3v) is 3.30. The van der Waals surface area contributed by atoms with Gasteiger partial charge in [-0.3, -0.25) is 4.99 Å². The van der Waals surface area contributed by atoms with Gasteiger partial charge in [0, 0.05) is 19.6 Å². The Labute approximate surface area is 134 Å². The van der Waals surface area contributed by atoms with E-state index in [-0.39, 0.29) is 24.0 Å². The molecule has 19 heavy (non-hydrogen) atoms. The first kappa shape index (κ1) is 18.2. The van der Waals surface area contributed by atoms with Crippen LogP contribution in [-0.4, -0.2) is 19.0 Å². The molecular formula is C15H26IN3. The molecule has 0 saturated heterocycles. The van der Waals surface area contributed by atoms with Crippen LogP contribution >= 0.6 is 24.0 Å². The van der Waals surface area contributed by atoms with Gasteiger partial charge >= 0.3 is 0 Å². The van der Waals surface area contributed by atoms with Gasteiger partial charge in [0.25, 0.3) is 0 Å². The molecule has 1 unspecified atom stereocenters. The average Bonchev–Trinajstić information content (AvgIpc) is 2.35. The third-order valence-electron chi connectivity index (χ3n) is 3.30. The lowest BCUT2D eigenvalue weighted by Crippen LogP contribution is -2.43. The number of halogens is 1. The van der Waals surface area contributed by atoms with Crippen molar-refractivity contribution in [2.75, 3.05) is 7.05 Å². The van der Waals surface area contributed by atoms with Crippen molar-refractivity contribution in [2.24, 2.45) is 10.9 Å². The molecular weight excluding hydrogens is 349 g/mol. The minimum Gasteiger partial charge on any atom is -0.354 e. The maximum atomic E-state index is 4.25. The maximum Gasteiger partial charge on any atom is 0.191 e. The largest absolute Gasteiger partial charge is 0.354 e. The third kappa shape index (κ3) is 6.27. The number of nitrogens with one attached hydrogen (secondary N) is 2. The second-order valence-corrected chi connectivity index (χ2v) is 5.03. The second kappa shape index (κ2) is 9.18. The van der Waals surface area contributed by atoms with Crippen LogP contribution in [0, 0.1) is 12.8 Å². The van der Waals surface area contributed by atoms with Crippen molar-refractivity contribution >= 4 is 29.9 Å². The summed E-state index contributed by atoms with van der Waals surface area (Å²) >= 11 is 0. The molecule has 2 N–H and O–H groups in total. The van der Waals surface area contributed by atoms with E-state index in [0.717, 1.165) is 12.5 Å². The van der Waals surface area contributed by atoms with Crippen molar-refractivity contribution in [1.29, 1.82) is 0 Å². The molecule has 0 aromatic heterocycles. The minimum absolute atomic E-state index is 0. The summed E-state index contributed by atoms with van der Waals surface area (Å²) in [6.07, 6.45) is 0. The molecule has 4 heteroatoms. The molecule has 1 aromatic rings. The van der Waals surface area contributed by atoms with Crippen molar-refractivity contribution in [3.8, 4) is 0 Å². The van der Waals surface area contributed by atoms with Gasteiger partial charge in [-0.05, 0) is 30.9 Å². The van der Waals surface area contributed by atoms with Crippen LogP contribution in [0.25, 0.3) is 0 Å². The van der Waals surface area contributed by atoms with Gasteiger partial charge in [0.05, 0.1) is 0 Å². The summed E-state index contributed by atoms with van der Waals surface area (Å²) in [5, 5.41) is 6.75. The van der Waals surface area contributed by atoms with Gasteiger partial charge in [-0.25, -0.2) is 0 Å². The van der Waals surface area contributed by atoms with Crippen LogP contribution in [0.5, 0.6) is 0 Å². The Morgan fingerprint density at radius 2 is 1.84 bits per heavy atom. The number of rotatable bonds is 4. The van der Waals surface area contributed by atoms with Crippen LogP contribution in [0.1, 0.15) is 31.9 Å². The summed E-state index contributed by atoms with van der Waals surface area (Å²) in [5.74, 6) is 1.45. The van der Waals surface area contributed by atoms with Gasteiger partial charge in [-0.15, -0.1) is 24.0 Å². The van der Waals surface area contributed by atoms with Gasteiger partial charge in [0.2, 0.25) is 0 Å². The van der Waals surface area contributed by atoms with Crippen LogP contribution in [0.15, 0.2) is 29.3 Å². The molecule has 0 aliphatic rings. The van der Waals surface area contributed by atoms with Crippen LogP contribution in [0.3, 0.4) is 0 Å². The summed E-state index contributed by atoms with van der Waals surface area (Å²) in [5.41, 5.74) is 2.61. The number of aryl methyl sites for hydroxylation is 1. The summed E-state index contributed by atoms with van der Waals surface area (Å²) < 4.78 is 0. The van der Waals surface area contributed by atoms with E-state index >= 15 is 0 Å². The molecule has 1 atom stereocenters. The molecule has 0 bridgehead atoms. The molecule has 108 valence electrons. The Bertz CT molecular complexity index is 402. The average molecular weight is 375 g/mol. The fraction of sp³-hybridized carbons (Fsp3) is 0.533. The highest BCUT2D eigenvalue weighted by Crippen LogP contribution is 2.06. The standard InChI is InChI=1S/C15H25N3.HI/c1-11(2)13(4)18-15(16-5)17-10-14-9-7-6-8-12(14)3;/h6-9,11,13H,10H2,1-5H3,(H2,16,17,18);1H. The van der Waals surface area contributed by atoms with Gasteiger partial charge in [-0.1, -0.05) is 38.1 Å². The SMILES string of the molecule is CN=C(NCc1ccccc1C)NC(C)C(C)C.I. The van der Waals surface area contributed by atoms with Crippen LogP contribution in [-0.2, 0) is 6.54 Å². The van der Waals surface area contributed by atoms with E-state index < -0.39 is 0 Å². The normalized spacial score (nSPS) is 12.8. The molecule has 0 fully saturated rings.